The molecule has 0 radical (unpaired) electrons. The Hall–Kier alpha value is -3.52. The lowest BCUT2D eigenvalue weighted by molar-refractivity contribution is 0.0172. The van der Waals surface area contributed by atoms with E-state index in [2.05, 4.69) is 44.3 Å². The molecule has 0 aliphatic carbocycles. The van der Waals surface area contributed by atoms with E-state index < -0.39 is 26.1 Å². The van der Waals surface area contributed by atoms with Gasteiger partial charge < -0.3 is 38.5 Å². The third-order valence-electron chi connectivity index (χ3n) is 8.98. The highest BCUT2D eigenvalue weighted by molar-refractivity contribution is 6.74. The third-order valence-corrected chi connectivity index (χ3v) is 13.5. The smallest absolute Gasteiger partial charge is 0.410 e. The number of carbonyl (C=O) groups excluding carboxylic acids is 1. The number of likely N-dealkylation sites (N-methyl/N-ethyl adjacent to an activating group) is 1. The standard InChI is InChI=1S/C36H55N5O7Si/c1-23-30(24(2)47-40-23)31-29(21-42)33(37-26-15-17-44-18-16-26)39-32(38-31)25-13-12-14-27(19-25)45-22-28(48-49(10,11)36(6,7)8)20-41(9)34(43)46-35(3,4)5/h12-14,19,26,28,42H,15-18,20-22H2,1-11H3,(H,37,38,39). The summed E-state index contributed by atoms with van der Waals surface area (Å²) in [6.07, 6.45) is 0.842. The molecule has 13 heteroatoms. The zero-order chi connectivity index (χ0) is 36.1. The van der Waals surface area contributed by atoms with Gasteiger partial charge in [-0.05, 0) is 77.7 Å². The molecule has 1 unspecified atom stereocenters. The number of aryl methyl sites for hydroxylation is 2. The summed E-state index contributed by atoms with van der Waals surface area (Å²) in [5.74, 6) is 2.24. The Kier molecular flexibility index (Phi) is 12.2. The van der Waals surface area contributed by atoms with Gasteiger partial charge in [-0.2, -0.15) is 0 Å². The number of nitrogens with one attached hydrogen (secondary N) is 1. The van der Waals surface area contributed by atoms with E-state index in [0.717, 1.165) is 24.0 Å². The van der Waals surface area contributed by atoms with Crippen LogP contribution in [0.1, 0.15) is 71.4 Å². The Morgan fingerprint density at radius 2 is 1.82 bits per heavy atom. The molecule has 1 aliphatic heterocycles. The van der Waals surface area contributed by atoms with Gasteiger partial charge in [-0.3, -0.25) is 0 Å². The van der Waals surface area contributed by atoms with Crippen molar-refractivity contribution in [3.8, 4) is 28.4 Å². The van der Waals surface area contributed by atoms with Gasteiger partial charge in [-0.25, -0.2) is 14.8 Å². The Morgan fingerprint density at radius 1 is 1.12 bits per heavy atom. The van der Waals surface area contributed by atoms with Crippen LogP contribution in [0.2, 0.25) is 18.1 Å². The summed E-state index contributed by atoms with van der Waals surface area (Å²) in [5.41, 5.74) is 2.68. The van der Waals surface area contributed by atoms with Gasteiger partial charge in [-0.1, -0.05) is 38.1 Å². The number of hydrogen-bond acceptors (Lipinski definition) is 11. The first-order chi connectivity index (χ1) is 22.9. The molecular weight excluding hydrogens is 643 g/mol. The Labute approximate surface area is 292 Å². The highest BCUT2D eigenvalue weighted by Gasteiger charge is 2.40. The van der Waals surface area contributed by atoms with Crippen LogP contribution >= 0.6 is 0 Å². The fourth-order valence-corrected chi connectivity index (χ4v) is 6.63. The Balaban J connectivity index is 1.65. The summed E-state index contributed by atoms with van der Waals surface area (Å²) in [7, 11) is -0.506. The molecule has 0 spiro atoms. The molecule has 1 atom stereocenters. The fraction of sp³-hybridized carbons (Fsp3) is 0.611. The topological polar surface area (TPSA) is 141 Å². The molecule has 12 nitrogen and oxygen atoms in total. The van der Waals surface area contributed by atoms with Crippen molar-refractivity contribution in [2.24, 2.45) is 0 Å². The first-order valence-electron chi connectivity index (χ1n) is 17.0. The van der Waals surface area contributed by atoms with E-state index in [0.29, 0.717) is 59.9 Å². The van der Waals surface area contributed by atoms with Crippen molar-refractivity contribution in [1.29, 1.82) is 0 Å². The number of aliphatic hydroxyl groups excluding tert-OH is 1. The number of aliphatic hydroxyl groups is 1. The molecule has 1 saturated heterocycles. The van der Waals surface area contributed by atoms with Gasteiger partial charge in [0.05, 0.1) is 36.2 Å². The van der Waals surface area contributed by atoms with Crippen LogP contribution in [0.25, 0.3) is 22.6 Å². The lowest BCUT2D eigenvalue weighted by Crippen LogP contribution is -2.49. The van der Waals surface area contributed by atoms with Crippen LogP contribution in [0.15, 0.2) is 28.8 Å². The zero-order valence-electron chi connectivity index (χ0n) is 31.1. The second-order valence-corrected chi connectivity index (χ2v) is 20.1. The normalized spacial score (nSPS) is 15.2. The molecule has 0 saturated carbocycles. The van der Waals surface area contributed by atoms with E-state index in [-0.39, 0.29) is 24.3 Å². The molecule has 1 fully saturated rings. The molecule has 2 N–H and O–H groups in total. The van der Waals surface area contributed by atoms with Gasteiger partial charge in [-0.15, -0.1) is 0 Å². The van der Waals surface area contributed by atoms with Crippen LogP contribution in [0.5, 0.6) is 5.75 Å². The Morgan fingerprint density at radius 3 is 2.41 bits per heavy atom. The molecule has 1 aliphatic rings. The minimum absolute atomic E-state index is 0.0386. The predicted octanol–water partition coefficient (Wildman–Crippen LogP) is 7.13. The monoisotopic (exact) mass is 697 g/mol. The number of hydrogen-bond donors (Lipinski definition) is 2. The maximum absolute atomic E-state index is 12.9. The van der Waals surface area contributed by atoms with Crippen molar-refractivity contribution in [3.05, 3.63) is 41.3 Å². The summed E-state index contributed by atoms with van der Waals surface area (Å²) in [5, 5.41) is 18.2. The van der Waals surface area contributed by atoms with Crippen LogP contribution in [-0.2, 0) is 20.5 Å². The number of amides is 1. The fourth-order valence-electron chi connectivity index (χ4n) is 5.30. The van der Waals surface area contributed by atoms with E-state index in [1.807, 2.05) is 58.9 Å². The molecule has 3 heterocycles. The van der Waals surface area contributed by atoms with Crippen LogP contribution < -0.4 is 10.1 Å². The largest absolute Gasteiger partial charge is 0.491 e. The summed E-state index contributed by atoms with van der Waals surface area (Å²) in [6.45, 7) is 21.7. The number of nitrogens with zero attached hydrogens (tertiary/aromatic N) is 4. The second kappa shape index (κ2) is 15.6. The van der Waals surface area contributed by atoms with E-state index in [1.54, 1.807) is 11.9 Å². The molecule has 2 aromatic heterocycles. The molecule has 270 valence electrons. The van der Waals surface area contributed by atoms with E-state index >= 15 is 0 Å². The molecular formula is C36H55N5O7Si. The number of ether oxygens (including phenoxy) is 3. The van der Waals surface area contributed by atoms with Crippen molar-refractivity contribution in [2.75, 3.05) is 38.7 Å². The van der Waals surface area contributed by atoms with E-state index in [1.165, 1.54) is 0 Å². The number of rotatable bonds is 12. The van der Waals surface area contributed by atoms with Crippen molar-refractivity contribution >= 4 is 20.2 Å². The lowest BCUT2D eigenvalue weighted by atomic mass is 10.0. The van der Waals surface area contributed by atoms with Crippen molar-refractivity contribution in [3.63, 3.8) is 0 Å². The maximum Gasteiger partial charge on any atom is 0.410 e. The second-order valence-electron chi connectivity index (χ2n) is 15.3. The van der Waals surface area contributed by atoms with Crippen LogP contribution in [0, 0.1) is 13.8 Å². The molecule has 3 aromatic rings. The number of carbonyl (C=O) groups is 1. The summed E-state index contributed by atoms with van der Waals surface area (Å²) in [4.78, 5) is 24.3. The molecule has 49 heavy (non-hydrogen) atoms. The highest BCUT2D eigenvalue weighted by Crippen LogP contribution is 2.38. The molecule has 1 amide bonds. The van der Waals surface area contributed by atoms with Gasteiger partial charge in [0, 0.05) is 37.4 Å². The van der Waals surface area contributed by atoms with Gasteiger partial charge in [0.15, 0.2) is 14.1 Å². The summed E-state index contributed by atoms with van der Waals surface area (Å²) < 4.78 is 29.8. The number of benzene rings is 1. The van der Waals surface area contributed by atoms with Crippen molar-refractivity contribution in [2.45, 2.75) is 111 Å². The third kappa shape index (κ3) is 10.0. The van der Waals surface area contributed by atoms with Crippen molar-refractivity contribution < 1.29 is 33.1 Å². The number of aromatic nitrogens is 3. The van der Waals surface area contributed by atoms with Gasteiger partial charge in [0.2, 0.25) is 0 Å². The number of anilines is 1. The van der Waals surface area contributed by atoms with Gasteiger partial charge >= 0.3 is 6.09 Å². The maximum atomic E-state index is 12.9. The highest BCUT2D eigenvalue weighted by atomic mass is 28.4. The SMILES string of the molecule is Cc1noc(C)c1-c1nc(-c2cccc(OCC(CN(C)C(=O)OC(C)(C)C)O[Si](C)(C)C(C)(C)C)c2)nc(NC2CCOCC2)c1CO. The zero-order valence-corrected chi connectivity index (χ0v) is 32.1. The quantitative estimate of drug-likeness (QED) is 0.187. The lowest BCUT2D eigenvalue weighted by Gasteiger charge is -2.40. The van der Waals surface area contributed by atoms with Crippen molar-refractivity contribution in [1.82, 2.24) is 20.0 Å². The first-order valence-corrected chi connectivity index (χ1v) is 19.9. The molecule has 4 rings (SSSR count). The van der Waals surface area contributed by atoms with Crippen LogP contribution in [-0.4, -0.2) is 90.7 Å². The van der Waals surface area contributed by atoms with Gasteiger partial charge in [0.25, 0.3) is 0 Å². The minimum Gasteiger partial charge on any atom is -0.491 e. The summed E-state index contributed by atoms with van der Waals surface area (Å²) in [6, 6.07) is 7.74. The predicted molar refractivity (Wildman–Crippen MR) is 192 cm³/mol. The molecule has 1 aromatic carbocycles. The van der Waals surface area contributed by atoms with Gasteiger partial charge in [0.1, 0.15) is 29.5 Å². The average molecular weight is 698 g/mol. The first kappa shape index (κ1) is 38.3. The summed E-state index contributed by atoms with van der Waals surface area (Å²) >= 11 is 0. The average Bonchev–Trinajstić information content (AvgIpc) is 3.35. The van der Waals surface area contributed by atoms with Crippen LogP contribution in [0.4, 0.5) is 10.6 Å². The van der Waals surface area contributed by atoms with E-state index in [9.17, 15) is 9.90 Å². The Bertz CT molecular complexity index is 1560. The van der Waals surface area contributed by atoms with Crippen LogP contribution in [0.3, 0.4) is 0 Å². The molecule has 0 bridgehead atoms. The minimum atomic E-state index is -2.22. The van der Waals surface area contributed by atoms with E-state index in [4.69, 9.17) is 33.1 Å².